The molecule has 0 aliphatic rings. The molecular weight excluding hydrogens is 150 g/mol. The van der Waals surface area contributed by atoms with Crippen LogP contribution in [-0.2, 0) is 6.54 Å². The molecule has 0 amide bonds. The van der Waals surface area contributed by atoms with Gasteiger partial charge >= 0.3 is 0 Å². The molecule has 0 aromatic heterocycles. The molecule has 0 spiro atoms. The van der Waals surface area contributed by atoms with E-state index in [2.05, 4.69) is 26.2 Å². The molecule has 0 radical (unpaired) electrons. The van der Waals surface area contributed by atoms with E-state index in [0.717, 1.165) is 12.3 Å². The van der Waals surface area contributed by atoms with E-state index in [0.29, 0.717) is 0 Å². The lowest BCUT2D eigenvalue weighted by atomic mass is 10.2. The molecule has 2 heteroatoms. The van der Waals surface area contributed by atoms with Crippen molar-refractivity contribution in [1.82, 2.24) is 0 Å². The van der Waals surface area contributed by atoms with Gasteiger partial charge < -0.3 is 9.64 Å². The highest BCUT2D eigenvalue weighted by molar-refractivity contribution is 5.27. The quantitative estimate of drug-likeness (QED) is 0.683. The highest BCUT2D eigenvalue weighted by atomic mass is 16.5. The number of rotatable bonds is 3. The second-order valence-corrected chi connectivity index (χ2v) is 3.24. The topological polar surface area (TPSA) is 13.7 Å². The maximum absolute atomic E-state index is 5.13. The lowest BCUT2D eigenvalue weighted by Gasteiger charge is -2.07. The van der Waals surface area contributed by atoms with Gasteiger partial charge in [-0.3, -0.25) is 0 Å². The van der Waals surface area contributed by atoms with Crippen molar-refractivity contribution < 1.29 is 9.64 Å². The molecule has 2 nitrogen and oxygen atoms in total. The van der Waals surface area contributed by atoms with Gasteiger partial charge in [-0.05, 0) is 12.1 Å². The minimum absolute atomic E-state index is 0.939. The largest absolute Gasteiger partial charge is 0.497 e. The zero-order valence-corrected chi connectivity index (χ0v) is 7.92. The Morgan fingerprint density at radius 2 is 2.08 bits per heavy atom. The van der Waals surface area contributed by atoms with Crippen LogP contribution in [0.3, 0.4) is 0 Å². The Bertz CT molecular complexity index is 245. The van der Waals surface area contributed by atoms with Gasteiger partial charge in [-0.2, -0.15) is 0 Å². The summed E-state index contributed by atoms with van der Waals surface area (Å²) in [6.45, 7) is 1.04. The maximum atomic E-state index is 5.13. The third-order valence-electron chi connectivity index (χ3n) is 1.69. The Morgan fingerprint density at radius 3 is 2.67 bits per heavy atom. The normalized spacial score (nSPS) is 10.3. The van der Waals surface area contributed by atoms with Crippen LogP contribution in [0.4, 0.5) is 0 Å². The monoisotopic (exact) mass is 166 g/mol. The second-order valence-electron chi connectivity index (χ2n) is 3.24. The molecule has 12 heavy (non-hydrogen) atoms. The molecule has 66 valence electrons. The predicted molar refractivity (Wildman–Crippen MR) is 49.5 cm³/mol. The first-order valence-corrected chi connectivity index (χ1v) is 4.14. The van der Waals surface area contributed by atoms with Crippen LogP contribution >= 0.6 is 0 Å². The molecule has 1 aromatic carbocycles. The molecule has 1 N–H and O–H groups in total. The summed E-state index contributed by atoms with van der Waals surface area (Å²) in [7, 11) is 5.97. The van der Waals surface area contributed by atoms with Crippen LogP contribution in [0.25, 0.3) is 0 Å². The summed E-state index contributed by atoms with van der Waals surface area (Å²) in [6, 6.07) is 8.19. The van der Waals surface area contributed by atoms with E-state index >= 15 is 0 Å². The van der Waals surface area contributed by atoms with Crippen molar-refractivity contribution in [1.29, 1.82) is 0 Å². The van der Waals surface area contributed by atoms with Crippen LogP contribution in [0.15, 0.2) is 24.3 Å². The van der Waals surface area contributed by atoms with E-state index in [4.69, 9.17) is 4.74 Å². The molecule has 0 fully saturated rings. The fraction of sp³-hybridized carbons (Fsp3) is 0.400. The average molecular weight is 166 g/mol. The average Bonchev–Trinajstić information content (AvgIpc) is 2.03. The third-order valence-corrected chi connectivity index (χ3v) is 1.69. The first-order valence-electron chi connectivity index (χ1n) is 4.14. The number of hydrogen-bond acceptors (Lipinski definition) is 1. The zero-order valence-electron chi connectivity index (χ0n) is 7.92. The SMILES string of the molecule is COc1cccc(C[NH+](C)C)c1. The van der Waals surface area contributed by atoms with Crippen molar-refractivity contribution in [2.45, 2.75) is 6.54 Å². The molecule has 1 aromatic rings. The fourth-order valence-electron chi connectivity index (χ4n) is 1.19. The predicted octanol–water partition coefficient (Wildman–Crippen LogP) is 0.340. The van der Waals surface area contributed by atoms with Crippen molar-refractivity contribution in [3.8, 4) is 5.75 Å². The summed E-state index contributed by atoms with van der Waals surface area (Å²) < 4.78 is 5.13. The van der Waals surface area contributed by atoms with Gasteiger partial charge in [-0.1, -0.05) is 12.1 Å². The van der Waals surface area contributed by atoms with Gasteiger partial charge in [0.25, 0.3) is 0 Å². The molecule has 0 heterocycles. The molecule has 0 saturated heterocycles. The number of methoxy groups -OCH3 is 1. The van der Waals surface area contributed by atoms with E-state index in [1.54, 1.807) is 7.11 Å². The van der Waals surface area contributed by atoms with Crippen LogP contribution in [0, 0.1) is 0 Å². The summed E-state index contributed by atoms with van der Waals surface area (Å²) in [4.78, 5) is 1.42. The van der Waals surface area contributed by atoms with Gasteiger partial charge in [-0.15, -0.1) is 0 Å². The van der Waals surface area contributed by atoms with E-state index in [1.165, 1.54) is 10.5 Å². The van der Waals surface area contributed by atoms with Crippen molar-refractivity contribution in [2.75, 3.05) is 21.2 Å². The number of nitrogens with one attached hydrogen (secondary N) is 1. The van der Waals surface area contributed by atoms with Gasteiger partial charge in [0.2, 0.25) is 0 Å². The van der Waals surface area contributed by atoms with E-state index in [9.17, 15) is 0 Å². The van der Waals surface area contributed by atoms with Crippen molar-refractivity contribution in [2.24, 2.45) is 0 Å². The first kappa shape index (κ1) is 9.07. The molecule has 0 atom stereocenters. The van der Waals surface area contributed by atoms with Crippen LogP contribution in [-0.4, -0.2) is 21.2 Å². The number of quaternary nitrogens is 1. The Morgan fingerprint density at radius 1 is 1.33 bits per heavy atom. The number of ether oxygens (including phenoxy) is 1. The Kier molecular flexibility index (Phi) is 3.11. The minimum atomic E-state index is 0.939. The van der Waals surface area contributed by atoms with Crippen LogP contribution in [0.2, 0.25) is 0 Å². The molecule has 0 aliphatic heterocycles. The Labute approximate surface area is 73.8 Å². The Hall–Kier alpha value is -1.02. The zero-order chi connectivity index (χ0) is 8.97. The van der Waals surface area contributed by atoms with Crippen LogP contribution in [0.1, 0.15) is 5.56 Å². The van der Waals surface area contributed by atoms with E-state index in [1.807, 2.05) is 12.1 Å². The second kappa shape index (κ2) is 4.12. The van der Waals surface area contributed by atoms with Crippen molar-refractivity contribution >= 4 is 0 Å². The minimum Gasteiger partial charge on any atom is -0.497 e. The Balaban J connectivity index is 2.72. The standard InChI is InChI=1S/C10H15NO/c1-11(2)8-9-5-4-6-10(7-9)12-3/h4-7H,8H2,1-3H3/p+1. The fourth-order valence-corrected chi connectivity index (χ4v) is 1.19. The number of benzene rings is 1. The number of hydrogen-bond donors (Lipinski definition) is 1. The summed E-state index contributed by atoms with van der Waals surface area (Å²) in [5.41, 5.74) is 1.31. The first-order chi connectivity index (χ1) is 5.72. The molecule has 0 unspecified atom stereocenters. The highest BCUT2D eigenvalue weighted by Gasteiger charge is 1.98. The molecule has 0 bridgehead atoms. The smallest absolute Gasteiger partial charge is 0.119 e. The molecule has 1 rings (SSSR count). The summed E-state index contributed by atoms with van der Waals surface area (Å²) in [5, 5.41) is 0. The summed E-state index contributed by atoms with van der Waals surface area (Å²) in [6.07, 6.45) is 0. The maximum Gasteiger partial charge on any atom is 0.119 e. The van der Waals surface area contributed by atoms with E-state index < -0.39 is 0 Å². The van der Waals surface area contributed by atoms with Gasteiger partial charge in [0.15, 0.2) is 0 Å². The van der Waals surface area contributed by atoms with Gasteiger partial charge in [0.05, 0.1) is 21.2 Å². The van der Waals surface area contributed by atoms with Gasteiger partial charge in [-0.25, -0.2) is 0 Å². The molecule has 0 saturated carbocycles. The van der Waals surface area contributed by atoms with Crippen molar-refractivity contribution in [3.63, 3.8) is 0 Å². The van der Waals surface area contributed by atoms with Crippen LogP contribution in [0.5, 0.6) is 5.75 Å². The van der Waals surface area contributed by atoms with Crippen molar-refractivity contribution in [3.05, 3.63) is 29.8 Å². The van der Waals surface area contributed by atoms with Crippen LogP contribution < -0.4 is 9.64 Å². The van der Waals surface area contributed by atoms with Gasteiger partial charge in [0.1, 0.15) is 12.3 Å². The lowest BCUT2D eigenvalue weighted by Crippen LogP contribution is -3.04. The molecule has 0 aliphatic carbocycles. The third kappa shape index (κ3) is 2.55. The molecular formula is C10H16NO+. The lowest BCUT2D eigenvalue weighted by molar-refractivity contribution is -0.872. The summed E-state index contributed by atoms with van der Waals surface area (Å²) >= 11 is 0. The van der Waals surface area contributed by atoms with E-state index in [-0.39, 0.29) is 0 Å². The highest BCUT2D eigenvalue weighted by Crippen LogP contribution is 2.11. The van der Waals surface area contributed by atoms with Gasteiger partial charge in [0, 0.05) is 5.56 Å². The summed E-state index contributed by atoms with van der Waals surface area (Å²) in [5.74, 6) is 0.939.